The molecule has 1 amide bonds. The van der Waals surface area contributed by atoms with Crippen LogP contribution in [0.4, 0.5) is 4.79 Å². The average molecular weight is 278 g/mol. The zero-order valence-corrected chi connectivity index (χ0v) is 11.6. The smallest absolute Gasteiger partial charge is 0.407 e. The molecule has 0 aromatic heterocycles. The van der Waals surface area contributed by atoms with Crippen LogP contribution in [0.1, 0.15) is 18.4 Å². The summed E-state index contributed by atoms with van der Waals surface area (Å²) in [6.07, 6.45) is 1.33. The summed E-state index contributed by atoms with van der Waals surface area (Å²) in [6, 6.07) is 10.3. The van der Waals surface area contributed by atoms with Crippen molar-refractivity contribution in [3.05, 3.63) is 35.9 Å². The van der Waals surface area contributed by atoms with Crippen molar-refractivity contribution >= 4 is 6.09 Å². The van der Waals surface area contributed by atoms with Crippen molar-refractivity contribution in [1.82, 2.24) is 10.6 Å². The van der Waals surface area contributed by atoms with E-state index >= 15 is 0 Å². The molecule has 110 valence electrons. The van der Waals surface area contributed by atoms with Crippen LogP contribution in [0.15, 0.2) is 30.3 Å². The minimum absolute atomic E-state index is 0.110. The van der Waals surface area contributed by atoms with Crippen molar-refractivity contribution in [3.8, 4) is 0 Å². The highest BCUT2D eigenvalue weighted by Gasteiger charge is 2.17. The molecule has 1 heterocycles. The van der Waals surface area contributed by atoms with Crippen LogP contribution in [0, 0.1) is 0 Å². The number of carbonyl (C=O) groups excluding carboxylic acids is 1. The fourth-order valence-electron chi connectivity index (χ4n) is 2.05. The van der Waals surface area contributed by atoms with E-state index in [-0.39, 0.29) is 12.1 Å². The van der Waals surface area contributed by atoms with Crippen LogP contribution < -0.4 is 10.6 Å². The van der Waals surface area contributed by atoms with E-state index in [0.717, 1.165) is 25.9 Å². The van der Waals surface area contributed by atoms with E-state index in [4.69, 9.17) is 9.47 Å². The fraction of sp³-hybridized carbons (Fsp3) is 0.533. The first-order chi connectivity index (χ1) is 9.84. The SMILES string of the molecule is O=C(NC1CCOC1)OCCCNCc1ccccc1. The average Bonchev–Trinajstić information content (AvgIpc) is 2.96. The van der Waals surface area contributed by atoms with Gasteiger partial charge in [-0.25, -0.2) is 4.79 Å². The van der Waals surface area contributed by atoms with Crippen LogP contribution in [-0.4, -0.2) is 38.5 Å². The van der Waals surface area contributed by atoms with Gasteiger partial charge >= 0.3 is 6.09 Å². The Balaban J connectivity index is 1.46. The van der Waals surface area contributed by atoms with Crippen LogP contribution in [0.5, 0.6) is 0 Å². The Morgan fingerprint density at radius 2 is 2.20 bits per heavy atom. The summed E-state index contributed by atoms with van der Waals surface area (Å²) in [4.78, 5) is 11.4. The van der Waals surface area contributed by atoms with E-state index < -0.39 is 0 Å². The fourth-order valence-corrected chi connectivity index (χ4v) is 2.05. The predicted octanol–water partition coefficient (Wildman–Crippen LogP) is 1.68. The number of benzene rings is 1. The van der Waals surface area contributed by atoms with Crippen LogP contribution in [-0.2, 0) is 16.0 Å². The summed E-state index contributed by atoms with van der Waals surface area (Å²) in [5.74, 6) is 0. The Morgan fingerprint density at radius 3 is 2.95 bits per heavy atom. The van der Waals surface area contributed by atoms with Crippen molar-refractivity contribution in [3.63, 3.8) is 0 Å². The second kappa shape index (κ2) is 8.55. The van der Waals surface area contributed by atoms with E-state index in [1.165, 1.54) is 5.56 Å². The summed E-state index contributed by atoms with van der Waals surface area (Å²) in [6.45, 7) is 3.41. The highest BCUT2D eigenvalue weighted by molar-refractivity contribution is 5.67. The Kier molecular flexibility index (Phi) is 6.34. The second-order valence-electron chi connectivity index (χ2n) is 4.86. The molecular formula is C15H22N2O3. The maximum Gasteiger partial charge on any atom is 0.407 e. The van der Waals surface area contributed by atoms with Gasteiger partial charge in [0, 0.05) is 13.2 Å². The number of rotatable bonds is 7. The third-order valence-corrected chi connectivity index (χ3v) is 3.15. The van der Waals surface area contributed by atoms with Gasteiger partial charge in [0.1, 0.15) is 0 Å². The lowest BCUT2D eigenvalue weighted by molar-refractivity contribution is 0.137. The highest BCUT2D eigenvalue weighted by atomic mass is 16.5. The molecule has 0 saturated carbocycles. The monoisotopic (exact) mass is 278 g/mol. The lowest BCUT2D eigenvalue weighted by atomic mass is 10.2. The van der Waals surface area contributed by atoms with Gasteiger partial charge in [0.05, 0.1) is 19.3 Å². The van der Waals surface area contributed by atoms with E-state index in [0.29, 0.717) is 19.8 Å². The summed E-state index contributed by atoms with van der Waals surface area (Å²) in [7, 11) is 0. The zero-order chi connectivity index (χ0) is 14.0. The molecular weight excluding hydrogens is 256 g/mol. The van der Waals surface area contributed by atoms with Crippen molar-refractivity contribution < 1.29 is 14.3 Å². The molecule has 1 atom stereocenters. The molecule has 2 rings (SSSR count). The third-order valence-electron chi connectivity index (χ3n) is 3.15. The summed E-state index contributed by atoms with van der Waals surface area (Å²) < 4.78 is 10.3. The van der Waals surface area contributed by atoms with Crippen LogP contribution >= 0.6 is 0 Å². The number of carbonyl (C=O) groups is 1. The minimum Gasteiger partial charge on any atom is -0.450 e. The summed E-state index contributed by atoms with van der Waals surface area (Å²) >= 11 is 0. The minimum atomic E-state index is -0.344. The third kappa shape index (κ3) is 5.59. The van der Waals surface area contributed by atoms with E-state index in [9.17, 15) is 4.79 Å². The van der Waals surface area contributed by atoms with Crippen molar-refractivity contribution in [2.45, 2.75) is 25.4 Å². The first-order valence-corrected chi connectivity index (χ1v) is 7.10. The van der Waals surface area contributed by atoms with Crippen molar-refractivity contribution in [2.24, 2.45) is 0 Å². The largest absolute Gasteiger partial charge is 0.450 e. The molecule has 1 aromatic rings. The number of nitrogens with one attached hydrogen (secondary N) is 2. The lowest BCUT2D eigenvalue weighted by Gasteiger charge is -2.11. The van der Waals surface area contributed by atoms with Crippen LogP contribution in [0.3, 0.4) is 0 Å². The molecule has 1 fully saturated rings. The molecule has 2 N–H and O–H groups in total. The Hall–Kier alpha value is -1.59. The Labute approximate surface area is 119 Å². The predicted molar refractivity (Wildman–Crippen MR) is 76.5 cm³/mol. The molecule has 5 heteroatoms. The molecule has 20 heavy (non-hydrogen) atoms. The number of alkyl carbamates (subject to hydrolysis) is 1. The Morgan fingerprint density at radius 1 is 1.35 bits per heavy atom. The molecule has 0 aliphatic carbocycles. The molecule has 1 unspecified atom stereocenters. The highest BCUT2D eigenvalue weighted by Crippen LogP contribution is 2.03. The van der Waals surface area contributed by atoms with Gasteiger partial charge in [-0.2, -0.15) is 0 Å². The van der Waals surface area contributed by atoms with Gasteiger partial charge in [0.15, 0.2) is 0 Å². The first-order valence-electron chi connectivity index (χ1n) is 7.10. The van der Waals surface area contributed by atoms with Crippen LogP contribution in [0.25, 0.3) is 0 Å². The van der Waals surface area contributed by atoms with Crippen LogP contribution in [0.2, 0.25) is 0 Å². The molecule has 0 bridgehead atoms. The van der Waals surface area contributed by atoms with Gasteiger partial charge < -0.3 is 20.1 Å². The maximum absolute atomic E-state index is 11.4. The van der Waals surface area contributed by atoms with Crippen molar-refractivity contribution in [2.75, 3.05) is 26.4 Å². The molecule has 1 aliphatic rings. The molecule has 0 spiro atoms. The first kappa shape index (κ1) is 14.8. The summed E-state index contributed by atoms with van der Waals surface area (Å²) in [5.41, 5.74) is 1.26. The zero-order valence-electron chi connectivity index (χ0n) is 11.6. The van der Waals surface area contributed by atoms with E-state index in [2.05, 4.69) is 22.8 Å². The topological polar surface area (TPSA) is 59.6 Å². The summed E-state index contributed by atoms with van der Waals surface area (Å²) in [5, 5.41) is 6.11. The molecule has 1 saturated heterocycles. The maximum atomic E-state index is 11.4. The van der Waals surface area contributed by atoms with Gasteiger partial charge in [-0.3, -0.25) is 0 Å². The standard InChI is InChI=1S/C15H22N2O3/c18-15(17-14-7-10-19-12-14)20-9-4-8-16-11-13-5-2-1-3-6-13/h1-3,5-6,14,16H,4,7-12H2,(H,17,18). The van der Waals surface area contributed by atoms with E-state index in [1.54, 1.807) is 0 Å². The number of hydrogen-bond donors (Lipinski definition) is 2. The lowest BCUT2D eigenvalue weighted by Crippen LogP contribution is -2.35. The Bertz CT molecular complexity index is 391. The van der Waals surface area contributed by atoms with Gasteiger partial charge in [0.2, 0.25) is 0 Å². The normalized spacial score (nSPS) is 17.9. The van der Waals surface area contributed by atoms with Gasteiger partial charge in [-0.1, -0.05) is 30.3 Å². The molecule has 0 radical (unpaired) electrons. The molecule has 1 aliphatic heterocycles. The molecule has 5 nitrogen and oxygen atoms in total. The van der Waals surface area contributed by atoms with Gasteiger partial charge in [0.25, 0.3) is 0 Å². The van der Waals surface area contributed by atoms with Gasteiger partial charge in [-0.05, 0) is 24.9 Å². The number of amides is 1. The van der Waals surface area contributed by atoms with E-state index in [1.807, 2.05) is 18.2 Å². The second-order valence-corrected chi connectivity index (χ2v) is 4.86. The number of ether oxygens (including phenoxy) is 2. The quantitative estimate of drug-likeness (QED) is 0.745. The van der Waals surface area contributed by atoms with Gasteiger partial charge in [-0.15, -0.1) is 0 Å². The molecule has 1 aromatic carbocycles. The van der Waals surface area contributed by atoms with Crippen molar-refractivity contribution in [1.29, 1.82) is 0 Å². The number of hydrogen-bond acceptors (Lipinski definition) is 4.